The second kappa shape index (κ2) is 8.45. The van der Waals surface area contributed by atoms with E-state index in [1.807, 2.05) is 73.7 Å². The van der Waals surface area contributed by atoms with Gasteiger partial charge in [0.2, 0.25) is 0 Å². The Morgan fingerprint density at radius 2 is 1.23 bits per heavy atom. The van der Waals surface area contributed by atoms with Crippen molar-refractivity contribution in [2.45, 2.75) is 19.1 Å². The third-order valence-corrected chi connectivity index (χ3v) is 4.49. The zero-order chi connectivity index (χ0) is 18.4. The van der Waals surface area contributed by atoms with Crippen molar-refractivity contribution in [1.82, 2.24) is 0 Å². The van der Waals surface area contributed by atoms with Crippen molar-refractivity contribution in [3.05, 3.63) is 108 Å². The van der Waals surface area contributed by atoms with Gasteiger partial charge in [0.1, 0.15) is 6.10 Å². The molecular formula is C23H22O3. The zero-order valence-corrected chi connectivity index (χ0v) is 14.7. The second-order valence-electron chi connectivity index (χ2n) is 6.32. The molecule has 26 heavy (non-hydrogen) atoms. The van der Waals surface area contributed by atoms with Crippen molar-refractivity contribution in [2.24, 2.45) is 5.92 Å². The lowest BCUT2D eigenvalue weighted by Gasteiger charge is -2.28. The minimum Gasteiger partial charge on any atom is -0.453 e. The van der Waals surface area contributed by atoms with Crippen LogP contribution in [0.3, 0.4) is 0 Å². The van der Waals surface area contributed by atoms with Gasteiger partial charge in [0.25, 0.3) is 0 Å². The van der Waals surface area contributed by atoms with E-state index in [1.54, 1.807) is 24.3 Å². The normalized spacial score (nSPS) is 14.2. The van der Waals surface area contributed by atoms with E-state index in [4.69, 9.17) is 4.74 Å². The van der Waals surface area contributed by atoms with Crippen molar-refractivity contribution in [3.8, 4) is 0 Å². The topological polar surface area (TPSA) is 46.5 Å². The lowest BCUT2D eigenvalue weighted by molar-refractivity contribution is -0.0155. The number of aliphatic hydroxyl groups excluding tert-OH is 1. The highest BCUT2D eigenvalue weighted by molar-refractivity contribution is 5.89. The van der Waals surface area contributed by atoms with E-state index in [2.05, 4.69) is 0 Å². The first-order valence-electron chi connectivity index (χ1n) is 8.71. The summed E-state index contributed by atoms with van der Waals surface area (Å²) in [7, 11) is 0. The molecule has 0 heterocycles. The lowest BCUT2D eigenvalue weighted by atomic mass is 9.88. The summed E-state index contributed by atoms with van der Waals surface area (Å²) < 4.78 is 5.83. The molecule has 1 N–H and O–H groups in total. The molecule has 3 nitrogen and oxygen atoms in total. The fourth-order valence-corrected chi connectivity index (χ4v) is 3.00. The fraction of sp³-hybridized carbons (Fsp3) is 0.174. The predicted molar refractivity (Wildman–Crippen MR) is 102 cm³/mol. The van der Waals surface area contributed by atoms with Crippen LogP contribution in [0, 0.1) is 5.92 Å². The summed E-state index contributed by atoms with van der Waals surface area (Å²) in [5.74, 6) is -0.709. The van der Waals surface area contributed by atoms with Gasteiger partial charge in [-0.1, -0.05) is 85.8 Å². The van der Waals surface area contributed by atoms with E-state index in [1.165, 1.54) is 0 Å². The molecule has 3 aromatic carbocycles. The Kier molecular flexibility index (Phi) is 5.82. The smallest absolute Gasteiger partial charge is 0.338 e. The summed E-state index contributed by atoms with van der Waals surface area (Å²) in [4.78, 5) is 12.6. The van der Waals surface area contributed by atoms with Crippen molar-refractivity contribution < 1.29 is 14.6 Å². The van der Waals surface area contributed by atoms with Gasteiger partial charge in [-0.15, -0.1) is 0 Å². The van der Waals surface area contributed by atoms with Crippen LogP contribution in [-0.4, -0.2) is 11.1 Å². The first kappa shape index (κ1) is 17.9. The number of benzene rings is 3. The summed E-state index contributed by atoms with van der Waals surface area (Å²) in [6, 6.07) is 27.9. The summed E-state index contributed by atoms with van der Waals surface area (Å²) >= 11 is 0. The van der Waals surface area contributed by atoms with Gasteiger partial charge in [-0.2, -0.15) is 0 Å². The molecule has 0 aliphatic heterocycles. The van der Waals surface area contributed by atoms with E-state index < -0.39 is 18.2 Å². The minimum atomic E-state index is -0.745. The van der Waals surface area contributed by atoms with Crippen LogP contribution in [0.25, 0.3) is 0 Å². The summed E-state index contributed by atoms with van der Waals surface area (Å²) in [6.07, 6.45) is -1.30. The van der Waals surface area contributed by atoms with E-state index in [0.717, 1.165) is 11.1 Å². The van der Waals surface area contributed by atoms with E-state index in [9.17, 15) is 9.90 Å². The van der Waals surface area contributed by atoms with Gasteiger partial charge in [-0.3, -0.25) is 0 Å². The number of aliphatic hydroxyl groups is 1. The number of hydrogen-bond donors (Lipinski definition) is 1. The Morgan fingerprint density at radius 1 is 0.769 bits per heavy atom. The number of hydrogen-bond acceptors (Lipinski definition) is 3. The Morgan fingerprint density at radius 3 is 1.77 bits per heavy atom. The van der Waals surface area contributed by atoms with Crippen molar-refractivity contribution in [1.29, 1.82) is 0 Å². The van der Waals surface area contributed by atoms with Crippen LogP contribution < -0.4 is 0 Å². The SMILES string of the molecule is C[C@@H]([C@H](O)c1ccccc1)[C@H](OC(=O)c1ccccc1)c1ccccc1. The Balaban J connectivity index is 1.87. The number of rotatable bonds is 6. The van der Waals surface area contributed by atoms with E-state index in [0.29, 0.717) is 5.56 Å². The molecule has 3 rings (SSSR count). The van der Waals surface area contributed by atoms with Gasteiger partial charge in [0.05, 0.1) is 11.7 Å². The summed E-state index contributed by atoms with van der Waals surface area (Å²) in [5, 5.41) is 10.8. The maximum atomic E-state index is 12.6. The molecule has 0 radical (unpaired) electrons. The van der Waals surface area contributed by atoms with Gasteiger partial charge < -0.3 is 9.84 Å². The standard InChI is InChI=1S/C23H22O3/c1-17(21(24)18-11-5-2-6-12-18)22(19-13-7-3-8-14-19)26-23(25)20-15-9-4-10-16-20/h2-17,21-22,24H,1H3/t17-,21-,22-/m0/s1. The van der Waals surface area contributed by atoms with E-state index >= 15 is 0 Å². The molecule has 0 fully saturated rings. The highest BCUT2D eigenvalue weighted by Gasteiger charge is 2.30. The summed E-state index contributed by atoms with van der Waals surface area (Å²) in [6.45, 7) is 1.90. The summed E-state index contributed by atoms with van der Waals surface area (Å²) in [5.41, 5.74) is 2.16. The third-order valence-electron chi connectivity index (χ3n) is 4.49. The molecule has 3 atom stereocenters. The minimum absolute atomic E-state index is 0.313. The molecule has 0 bridgehead atoms. The van der Waals surface area contributed by atoms with Crippen molar-refractivity contribution in [2.75, 3.05) is 0 Å². The molecule has 0 amide bonds. The maximum absolute atomic E-state index is 12.6. The Labute approximate surface area is 153 Å². The van der Waals surface area contributed by atoms with Crippen LogP contribution in [0.15, 0.2) is 91.0 Å². The zero-order valence-electron chi connectivity index (χ0n) is 14.7. The van der Waals surface area contributed by atoms with E-state index in [-0.39, 0.29) is 5.92 Å². The van der Waals surface area contributed by atoms with Crippen LogP contribution >= 0.6 is 0 Å². The van der Waals surface area contributed by atoms with Crippen molar-refractivity contribution in [3.63, 3.8) is 0 Å². The predicted octanol–water partition coefficient (Wildman–Crippen LogP) is 4.95. The molecule has 0 unspecified atom stereocenters. The molecule has 0 aliphatic rings. The molecule has 0 aliphatic carbocycles. The first-order valence-corrected chi connectivity index (χ1v) is 8.71. The molecule has 0 aromatic heterocycles. The van der Waals surface area contributed by atoms with Gasteiger partial charge in [-0.05, 0) is 23.3 Å². The molecule has 3 heteroatoms. The van der Waals surface area contributed by atoms with Crippen LogP contribution in [0.5, 0.6) is 0 Å². The number of carbonyl (C=O) groups is 1. The molecular weight excluding hydrogens is 324 g/mol. The first-order chi connectivity index (χ1) is 12.7. The third kappa shape index (κ3) is 4.19. The molecule has 132 valence electrons. The van der Waals surface area contributed by atoms with Crippen LogP contribution in [0.4, 0.5) is 0 Å². The molecule has 3 aromatic rings. The highest BCUT2D eigenvalue weighted by atomic mass is 16.5. The Hall–Kier alpha value is -2.91. The Bertz CT molecular complexity index is 816. The van der Waals surface area contributed by atoms with Gasteiger partial charge >= 0.3 is 5.97 Å². The number of esters is 1. The number of ether oxygens (including phenoxy) is 1. The maximum Gasteiger partial charge on any atom is 0.338 e. The average molecular weight is 346 g/mol. The van der Waals surface area contributed by atoms with Crippen molar-refractivity contribution >= 4 is 5.97 Å². The van der Waals surface area contributed by atoms with Gasteiger partial charge in [0.15, 0.2) is 0 Å². The lowest BCUT2D eigenvalue weighted by Crippen LogP contribution is -2.23. The molecule has 0 saturated carbocycles. The quantitative estimate of drug-likeness (QED) is 0.642. The second-order valence-corrected chi connectivity index (χ2v) is 6.32. The monoisotopic (exact) mass is 346 g/mol. The number of carbonyl (C=O) groups excluding carboxylic acids is 1. The average Bonchev–Trinajstić information content (AvgIpc) is 2.72. The largest absolute Gasteiger partial charge is 0.453 e. The van der Waals surface area contributed by atoms with Gasteiger partial charge in [-0.25, -0.2) is 4.79 Å². The highest BCUT2D eigenvalue weighted by Crippen LogP contribution is 2.35. The van der Waals surface area contributed by atoms with Crippen LogP contribution in [0.2, 0.25) is 0 Å². The van der Waals surface area contributed by atoms with Crippen LogP contribution in [-0.2, 0) is 4.74 Å². The molecule has 0 spiro atoms. The van der Waals surface area contributed by atoms with Crippen LogP contribution in [0.1, 0.15) is 40.6 Å². The fourth-order valence-electron chi connectivity index (χ4n) is 3.00. The van der Waals surface area contributed by atoms with Gasteiger partial charge in [0, 0.05) is 5.92 Å². The molecule has 0 saturated heterocycles.